The number of hydrogen-bond donors (Lipinski definition) is 2. The predicted molar refractivity (Wildman–Crippen MR) is 133 cm³/mol. The summed E-state index contributed by atoms with van der Waals surface area (Å²) in [6, 6.07) is 26.4. The minimum Gasteiger partial charge on any atom is -0.543 e. The topological polar surface area (TPSA) is 33.3 Å². The van der Waals surface area contributed by atoms with Gasteiger partial charge in [-0.15, -0.1) is 0 Å². The highest BCUT2D eigenvalue weighted by molar-refractivity contribution is 6.74. The summed E-state index contributed by atoms with van der Waals surface area (Å²) in [5.74, 6) is 0.981. The first-order valence-corrected chi connectivity index (χ1v) is 13.5. The summed E-state index contributed by atoms with van der Waals surface area (Å²) >= 11 is 0. The van der Waals surface area contributed by atoms with Gasteiger partial charge >= 0.3 is 0 Å². The van der Waals surface area contributed by atoms with Crippen molar-refractivity contribution >= 4 is 31.1 Å². The first kappa shape index (κ1) is 22.0. The van der Waals surface area contributed by atoms with Crippen LogP contribution in [0.4, 0.5) is 22.7 Å². The minimum absolute atomic E-state index is 0.981. The van der Waals surface area contributed by atoms with Gasteiger partial charge in [-0.05, 0) is 79.5 Å². The molecule has 0 fully saturated rings. The van der Waals surface area contributed by atoms with Gasteiger partial charge in [-0.25, -0.2) is 0 Å². The van der Waals surface area contributed by atoms with E-state index in [1.54, 1.807) is 0 Å². The molecular formula is C26H34N2OSi. The van der Waals surface area contributed by atoms with E-state index in [0.29, 0.717) is 0 Å². The third-order valence-electron chi connectivity index (χ3n) is 6.22. The predicted octanol–water partition coefficient (Wildman–Crippen LogP) is 8.17. The van der Waals surface area contributed by atoms with Gasteiger partial charge in [0.25, 0.3) is 0 Å². The van der Waals surface area contributed by atoms with Crippen molar-refractivity contribution in [1.29, 1.82) is 0 Å². The van der Waals surface area contributed by atoms with E-state index in [2.05, 4.69) is 93.8 Å². The van der Waals surface area contributed by atoms with Crippen LogP contribution in [0, 0.1) is 13.8 Å². The fourth-order valence-electron chi connectivity index (χ4n) is 3.78. The van der Waals surface area contributed by atoms with Crippen LogP contribution in [0.1, 0.15) is 31.9 Å². The Kier molecular flexibility index (Phi) is 7.22. The van der Waals surface area contributed by atoms with E-state index < -0.39 is 8.32 Å². The molecule has 0 saturated heterocycles. The van der Waals surface area contributed by atoms with E-state index in [4.69, 9.17) is 4.43 Å². The Bertz CT molecular complexity index is 960. The average molecular weight is 419 g/mol. The summed E-state index contributed by atoms with van der Waals surface area (Å²) in [5.41, 5.74) is 6.89. The molecule has 0 amide bonds. The van der Waals surface area contributed by atoms with E-state index in [0.717, 1.165) is 46.6 Å². The molecule has 3 nitrogen and oxygen atoms in total. The third kappa shape index (κ3) is 5.06. The highest BCUT2D eigenvalue weighted by Crippen LogP contribution is 2.32. The monoisotopic (exact) mass is 418 g/mol. The van der Waals surface area contributed by atoms with Crippen LogP contribution in [0.3, 0.4) is 0 Å². The van der Waals surface area contributed by atoms with Crippen LogP contribution in [0.25, 0.3) is 0 Å². The molecule has 0 aliphatic rings. The van der Waals surface area contributed by atoms with Crippen molar-refractivity contribution in [1.82, 2.24) is 0 Å². The van der Waals surface area contributed by atoms with Crippen LogP contribution >= 0.6 is 0 Å². The van der Waals surface area contributed by atoms with Gasteiger partial charge in [-0.1, -0.05) is 45.0 Å². The zero-order chi connectivity index (χ0) is 21.6. The van der Waals surface area contributed by atoms with Crippen molar-refractivity contribution in [2.24, 2.45) is 0 Å². The number of para-hydroxylation sites is 1. The van der Waals surface area contributed by atoms with Crippen LogP contribution in [0.5, 0.6) is 5.75 Å². The van der Waals surface area contributed by atoms with Gasteiger partial charge in [-0.2, -0.15) is 0 Å². The first-order chi connectivity index (χ1) is 14.5. The molecule has 0 saturated carbocycles. The highest BCUT2D eigenvalue weighted by Gasteiger charge is 2.30. The lowest BCUT2D eigenvalue weighted by atomic mass is 10.0. The fraction of sp³-hybridized carbons (Fsp3) is 0.308. The van der Waals surface area contributed by atoms with E-state index in [1.807, 2.05) is 18.2 Å². The lowest BCUT2D eigenvalue weighted by Crippen LogP contribution is -2.39. The number of nitrogens with one attached hydrogen (secondary N) is 2. The standard InChI is InChI=1S/C26H34N2OSi/c1-6-30(7-2,8-3)29-24-16-12-15-23(19-24)28-26-18-17-25(20(4)21(26)5)27-22-13-10-9-11-14-22/h9-19,27-28H,6-8H2,1-5H3. The molecule has 0 spiro atoms. The average Bonchev–Trinajstić information content (AvgIpc) is 2.78. The van der Waals surface area contributed by atoms with Crippen LogP contribution < -0.4 is 15.1 Å². The quantitative estimate of drug-likeness (QED) is 0.344. The first-order valence-electron chi connectivity index (χ1n) is 11.0. The Balaban J connectivity index is 1.79. The maximum absolute atomic E-state index is 6.56. The second-order valence-electron chi connectivity index (χ2n) is 7.90. The van der Waals surface area contributed by atoms with Crippen LogP contribution in [0.2, 0.25) is 18.1 Å². The lowest BCUT2D eigenvalue weighted by molar-refractivity contribution is 0.532. The minimum atomic E-state index is -1.67. The van der Waals surface area contributed by atoms with Gasteiger partial charge in [0.05, 0.1) is 0 Å². The molecule has 0 atom stereocenters. The van der Waals surface area contributed by atoms with Crippen molar-refractivity contribution < 1.29 is 4.43 Å². The van der Waals surface area contributed by atoms with Crippen molar-refractivity contribution in [3.05, 3.63) is 77.9 Å². The molecule has 0 unspecified atom stereocenters. The summed E-state index contributed by atoms with van der Waals surface area (Å²) < 4.78 is 6.56. The second-order valence-corrected chi connectivity index (χ2v) is 12.6. The summed E-state index contributed by atoms with van der Waals surface area (Å²) in [6.07, 6.45) is 0. The Labute approximate surface area is 182 Å². The van der Waals surface area contributed by atoms with Crippen molar-refractivity contribution in [3.63, 3.8) is 0 Å². The second kappa shape index (κ2) is 9.85. The van der Waals surface area contributed by atoms with E-state index in [1.165, 1.54) is 11.1 Å². The molecule has 0 bridgehead atoms. The van der Waals surface area contributed by atoms with Gasteiger partial charge in [0.1, 0.15) is 5.75 Å². The molecule has 2 N–H and O–H groups in total. The number of hydrogen-bond acceptors (Lipinski definition) is 3. The van der Waals surface area contributed by atoms with Gasteiger partial charge in [0, 0.05) is 28.8 Å². The van der Waals surface area contributed by atoms with Crippen LogP contribution in [0.15, 0.2) is 66.7 Å². The number of anilines is 4. The van der Waals surface area contributed by atoms with Crippen molar-refractivity contribution in [3.8, 4) is 5.75 Å². The van der Waals surface area contributed by atoms with Crippen molar-refractivity contribution in [2.45, 2.75) is 52.8 Å². The van der Waals surface area contributed by atoms with Gasteiger partial charge in [-0.3, -0.25) is 0 Å². The largest absolute Gasteiger partial charge is 0.543 e. The van der Waals surface area contributed by atoms with Crippen molar-refractivity contribution in [2.75, 3.05) is 10.6 Å². The van der Waals surface area contributed by atoms with Gasteiger partial charge < -0.3 is 15.1 Å². The highest BCUT2D eigenvalue weighted by atomic mass is 28.4. The molecule has 0 heterocycles. The molecule has 0 radical (unpaired) electrons. The summed E-state index contributed by atoms with van der Waals surface area (Å²) in [6.45, 7) is 11.1. The lowest BCUT2D eigenvalue weighted by Gasteiger charge is -2.29. The number of benzene rings is 3. The third-order valence-corrected chi connectivity index (χ3v) is 10.8. The van der Waals surface area contributed by atoms with Crippen LogP contribution in [-0.2, 0) is 0 Å². The smallest absolute Gasteiger partial charge is 0.250 e. The fourth-order valence-corrected chi connectivity index (χ4v) is 6.34. The molecular weight excluding hydrogens is 384 g/mol. The van der Waals surface area contributed by atoms with Crippen LogP contribution in [-0.4, -0.2) is 8.32 Å². The van der Waals surface area contributed by atoms with E-state index >= 15 is 0 Å². The summed E-state index contributed by atoms with van der Waals surface area (Å²) in [4.78, 5) is 0. The molecule has 4 heteroatoms. The maximum Gasteiger partial charge on any atom is 0.250 e. The molecule has 158 valence electrons. The Morgan fingerprint density at radius 2 is 1.20 bits per heavy atom. The Morgan fingerprint density at radius 1 is 0.667 bits per heavy atom. The molecule has 0 aliphatic carbocycles. The molecule has 3 rings (SSSR count). The Morgan fingerprint density at radius 3 is 1.77 bits per heavy atom. The van der Waals surface area contributed by atoms with E-state index in [-0.39, 0.29) is 0 Å². The molecule has 30 heavy (non-hydrogen) atoms. The van der Waals surface area contributed by atoms with Gasteiger partial charge in [0.2, 0.25) is 8.32 Å². The molecule has 0 aliphatic heterocycles. The van der Waals surface area contributed by atoms with E-state index in [9.17, 15) is 0 Å². The van der Waals surface area contributed by atoms with Gasteiger partial charge in [0.15, 0.2) is 0 Å². The maximum atomic E-state index is 6.56. The molecule has 3 aromatic rings. The molecule has 3 aromatic carbocycles. The zero-order valence-electron chi connectivity index (χ0n) is 18.9. The Hall–Kier alpha value is -2.72. The SMILES string of the molecule is CC[Si](CC)(CC)Oc1cccc(Nc2ccc(Nc3ccccc3)c(C)c2C)c1. The summed E-state index contributed by atoms with van der Waals surface area (Å²) in [7, 11) is -1.67. The molecule has 0 aromatic heterocycles. The zero-order valence-corrected chi connectivity index (χ0v) is 19.9. The normalized spacial score (nSPS) is 11.2. The summed E-state index contributed by atoms with van der Waals surface area (Å²) in [5, 5.41) is 7.11. The number of rotatable bonds is 9.